The molecule has 5 heterocycles. The molecule has 0 amide bonds. The van der Waals surface area contributed by atoms with Crippen molar-refractivity contribution >= 4 is 39.0 Å². The molecule has 3 aliphatic rings. The van der Waals surface area contributed by atoms with Crippen LogP contribution in [0.3, 0.4) is 0 Å². The fraction of sp³-hybridized carbons (Fsp3) is 0.167. The molecular formula is C36H31N4OPt-. The SMILES string of the molecule is CC(C)(C)c1ccc2c(c1)[N@+]1(c3[c-]c(Oc4[c-]c(-n5c6ccccc6c6cccnc65)ccc4)ccc3)[CH-][N@@+]2(C)C1.[Pt]. The van der Waals surface area contributed by atoms with E-state index in [1.165, 1.54) is 22.3 Å². The van der Waals surface area contributed by atoms with E-state index in [0.717, 1.165) is 39.1 Å². The fourth-order valence-electron chi connectivity index (χ4n) is 6.67. The largest absolute Gasteiger partial charge is 0.509 e. The van der Waals surface area contributed by atoms with Crippen LogP contribution < -0.4 is 13.7 Å². The monoisotopic (exact) mass is 730 g/mol. The van der Waals surface area contributed by atoms with Gasteiger partial charge in [-0.2, -0.15) is 12.1 Å². The van der Waals surface area contributed by atoms with Crippen molar-refractivity contribution in [2.24, 2.45) is 0 Å². The average Bonchev–Trinajstić information content (AvgIpc) is 3.52. The Kier molecular flexibility index (Phi) is 6.05. The summed E-state index contributed by atoms with van der Waals surface area (Å²) >= 11 is 0. The molecule has 6 aromatic rings. The van der Waals surface area contributed by atoms with Crippen LogP contribution in [0.25, 0.3) is 27.6 Å². The van der Waals surface area contributed by atoms with E-state index in [9.17, 15) is 0 Å². The number of benzene rings is 4. The number of quaternary nitrogens is 2. The van der Waals surface area contributed by atoms with Gasteiger partial charge in [-0.1, -0.05) is 56.8 Å². The number of hydrogen-bond acceptors (Lipinski definition) is 2. The van der Waals surface area contributed by atoms with E-state index in [1.807, 2.05) is 36.5 Å². The van der Waals surface area contributed by atoms with Gasteiger partial charge in [0.1, 0.15) is 5.65 Å². The molecule has 3 aliphatic heterocycles. The molecule has 42 heavy (non-hydrogen) atoms. The Morgan fingerprint density at radius 2 is 1.57 bits per heavy atom. The number of fused-ring (bicyclic) bond motifs is 3. The molecule has 1 saturated heterocycles. The van der Waals surface area contributed by atoms with Crippen molar-refractivity contribution in [3.63, 3.8) is 0 Å². The van der Waals surface area contributed by atoms with Crippen LogP contribution in [0.1, 0.15) is 26.3 Å². The predicted molar refractivity (Wildman–Crippen MR) is 166 cm³/mol. The molecule has 0 spiro atoms. The molecule has 2 atom stereocenters. The van der Waals surface area contributed by atoms with E-state index in [0.29, 0.717) is 16.0 Å². The number of pyridine rings is 1. The summed E-state index contributed by atoms with van der Waals surface area (Å²) in [6, 6.07) is 38.8. The van der Waals surface area contributed by atoms with Gasteiger partial charge in [-0.25, -0.2) is 4.98 Å². The second-order valence-corrected chi connectivity index (χ2v) is 12.5. The maximum atomic E-state index is 6.42. The minimum Gasteiger partial charge on any atom is -0.509 e. The topological polar surface area (TPSA) is 27.1 Å². The van der Waals surface area contributed by atoms with Crippen LogP contribution in [0.4, 0.5) is 17.1 Å². The molecule has 5 nitrogen and oxygen atoms in total. The van der Waals surface area contributed by atoms with E-state index >= 15 is 0 Å². The molecule has 0 unspecified atom stereocenters. The van der Waals surface area contributed by atoms with Crippen LogP contribution in [-0.2, 0) is 26.5 Å². The number of aromatic nitrogens is 2. The standard InChI is InChI=1S/C36H31N4O.Pt/c1-36(2,3)25-17-18-33-34(20-25)40(23-39(33,4)24-40)27-11-8-13-29(22-27)41-28-12-7-10-26(21-28)38-32-16-6-5-14-30(32)31-15-9-19-37-35(31)38;/h5-20,23H,24H2,1-4H3;/q-1;/t39-,40+;/m0./s1. The normalized spacial score (nSPS) is 20.7. The maximum Gasteiger partial charge on any atom is 0.179 e. The van der Waals surface area contributed by atoms with Gasteiger partial charge in [-0.3, -0.25) is 0 Å². The third kappa shape index (κ3) is 3.91. The number of rotatable bonds is 4. The van der Waals surface area contributed by atoms with Gasteiger partial charge < -0.3 is 18.3 Å². The molecule has 1 fully saturated rings. The zero-order valence-electron chi connectivity index (χ0n) is 24.0. The minimum absolute atomic E-state index is 0. The smallest absolute Gasteiger partial charge is 0.179 e. The summed E-state index contributed by atoms with van der Waals surface area (Å²) in [7, 11) is 2.28. The number of nitrogens with zero attached hydrogens (tertiary/aromatic N) is 4. The van der Waals surface area contributed by atoms with Crippen molar-refractivity contribution in [1.29, 1.82) is 0 Å². The quantitative estimate of drug-likeness (QED) is 0.134. The third-order valence-electron chi connectivity index (χ3n) is 8.62. The fourth-order valence-corrected chi connectivity index (χ4v) is 6.67. The zero-order valence-corrected chi connectivity index (χ0v) is 26.3. The predicted octanol–water partition coefficient (Wildman–Crippen LogP) is 8.55. The van der Waals surface area contributed by atoms with Gasteiger partial charge in [-0.15, -0.1) is 30.3 Å². The van der Waals surface area contributed by atoms with Crippen LogP contribution in [0.15, 0.2) is 97.2 Å². The molecule has 0 N–H and O–H groups in total. The first kappa shape index (κ1) is 27.1. The van der Waals surface area contributed by atoms with Gasteiger partial charge >= 0.3 is 0 Å². The number of hydrogen-bond donors (Lipinski definition) is 0. The molecule has 0 saturated carbocycles. The van der Waals surface area contributed by atoms with E-state index in [-0.39, 0.29) is 26.5 Å². The zero-order chi connectivity index (χ0) is 28.0. The molecule has 2 bridgehead atoms. The Labute approximate surface area is 261 Å². The molecule has 9 rings (SSSR count). The van der Waals surface area contributed by atoms with Crippen LogP contribution in [0.2, 0.25) is 0 Å². The van der Waals surface area contributed by atoms with Crippen molar-refractivity contribution < 1.29 is 25.8 Å². The van der Waals surface area contributed by atoms with Crippen molar-refractivity contribution in [3.05, 3.63) is 122 Å². The van der Waals surface area contributed by atoms with Crippen LogP contribution in [-0.4, -0.2) is 23.3 Å². The van der Waals surface area contributed by atoms with Gasteiger partial charge in [0.2, 0.25) is 0 Å². The summed E-state index contributed by atoms with van der Waals surface area (Å²) < 4.78 is 10.1. The van der Waals surface area contributed by atoms with Crippen LogP contribution >= 0.6 is 0 Å². The van der Waals surface area contributed by atoms with Gasteiger partial charge in [0, 0.05) is 67.4 Å². The van der Waals surface area contributed by atoms with Crippen LogP contribution in [0.5, 0.6) is 11.5 Å². The van der Waals surface area contributed by atoms with Gasteiger partial charge in [-0.05, 0) is 29.2 Å². The van der Waals surface area contributed by atoms with Gasteiger partial charge in [0.15, 0.2) is 18.0 Å². The van der Waals surface area contributed by atoms with Gasteiger partial charge in [0.25, 0.3) is 0 Å². The van der Waals surface area contributed by atoms with Crippen molar-refractivity contribution in [1.82, 2.24) is 18.5 Å². The summed E-state index contributed by atoms with van der Waals surface area (Å²) in [6.07, 6.45) is 1.84. The maximum absolute atomic E-state index is 6.42. The summed E-state index contributed by atoms with van der Waals surface area (Å²) in [6.45, 7) is 10.2. The second-order valence-electron chi connectivity index (χ2n) is 12.5. The molecule has 4 aromatic carbocycles. The summed E-state index contributed by atoms with van der Waals surface area (Å²) in [5.41, 5.74) is 8.10. The Morgan fingerprint density at radius 3 is 2.38 bits per heavy atom. The van der Waals surface area contributed by atoms with Crippen LogP contribution in [0, 0.1) is 18.8 Å². The molecule has 6 heteroatoms. The first-order valence-corrected chi connectivity index (χ1v) is 14.1. The van der Waals surface area contributed by atoms with E-state index < -0.39 is 0 Å². The Hall–Kier alpha value is -3.76. The summed E-state index contributed by atoms with van der Waals surface area (Å²) in [5.74, 6) is 1.32. The Morgan fingerprint density at radius 1 is 0.833 bits per heavy atom. The minimum atomic E-state index is 0. The van der Waals surface area contributed by atoms with Crippen molar-refractivity contribution in [2.75, 3.05) is 13.7 Å². The molecule has 0 aliphatic carbocycles. The Bertz CT molecular complexity index is 1940. The average molecular weight is 731 g/mol. The number of ether oxygens (including phenoxy) is 1. The molecule has 2 aromatic heterocycles. The van der Waals surface area contributed by atoms with E-state index in [1.54, 1.807) is 0 Å². The van der Waals surface area contributed by atoms with Crippen molar-refractivity contribution in [3.8, 4) is 17.2 Å². The first-order valence-electron chi connectivity index (χ1n) is 14.1. The van der Waals surface area contributed by atoms with Gasteiger partial charge in [0.05, 0.1) is 19.2 Å². The van der Waals surface area contributed by atoms with E-state index in [4.69, 9.17) is 9.72 Å². The summed E-state index contributed by atoms with van der Waals surface area (Å²) in [4.78, 5) is 4.71. The molecule has 212 valence electrons. The van der Waals surface area contributed by atoms with Crippen molar-refractivity contribution in [2.45, 2.75) is 26.2 Å². The third-order valence-corrected chi connectivity index (χ3v) is 8.62. The second kappa shape index (κ2) is 9.37. The molecule has 0 radical (unpaired) electrons. The first-order chi connectivity index (χ1) is 19.8. The molecular weight excluding hydrogens is 700 g/mol. The summed E-state index contributed by atoms with van der Waals surface area (Å²) in [5, 5.41) is 2.29. The van der Waals surface area contributed by atoms with E-state index in [2.05, 4.69) is 112 Å². The number of para-hydroxylation sites is 1. The Balaban J connectivity index is 0.00000288.